The fourth-order valence-corrected chi connectivity index (χ4v) is 13.0. The molecule has 0 amide bonds. The van der Waals surface area contributed by atoms with Crippen LogP contribution in [-0.2, 0) is 32.7 Å². The Morgan fingerprint density at radius 1 is 0.348 bits per heavy atom. The molecule has 0 aromatic heterocycles. The summed E-state index contributed by atoms with van der Waals surface area (Å²) in [6.45, 7) is 4.40. The molecule has 0 aliphatic heterocycles. The zero-order chi connectivity index (χ0) is 66.9. The van der Waals surface area contributed by atoms with Gasteiger partial charge in [-0.15, -0.1) is 0 Å². The van der Waals surface area contributed by atoms with Gasteiger partial charge in [-0.25, -0.2) is 4.57 Å². The minimum Gasteiger partial charge on any atom is -0.462 e. The van der Waals surface area contributed by atoms with E-state index in [2.05, 4.69) is 62.5 Å². The molecular weight excluding hydrogens is 1160 g/mol. The molecule has 0 aromatic carbocycles. The number of carbonyl (C=O) groups is 2. The third-order valence-electron chi connectivity index (χ3n) is 18.4. The molecule has 542 valence electrons. The van der Waals surface area contributed by atoms with E-state index in [1.807, 2.05) is 21.1 Å². The van der Waals surface area contributed by atoms with Crippen LogP contribution in [0.5, 0.6) is 0 Å². The molecule has 0 spiro atoms. The van der Waals surface area contributed by atoms with Crippen LogP contribution < -0.4 is 0 Å². The normalized spacial score (nSPS) is 13.2. The predicted molar refractivity (Wildman–Crippen MR) is 400 cm³/mol. The molecular formula is C82H157NO8P+. The number of rotatable bonds is 76. The second kappa shape index (κ2) is 73.2. The van der Waals surface area contributed by atoms with Crippen LogP contribution in [0.3, 0.4) is 0 Å². The minimum absolute atomic E-state index is 0.0338. The van der Waals surface area contributed by atoms with E-state index in [9.17, 15) is 19.0 Å². The van der Waals surface area contributed by atoms with E-state index >= 15 is 0 Å². The fraction of sp³-hybridized carbons (Fsp3) is 0.878. The molecule has 0 fully saturated rings. The number of allylic oxidation sites excluding steroid dienone is 8. The van der Waals surface area contributed by atoms with E-state index in [0.717, 1.165) is 57.8 Å². The van der Waals surface area contributed by atoms with Crippen LogP contribution in [0.15, 0.2) is 48.6 Å². The number of hydrogen-bond acceptors (Lipinski definition) is 7. The highest BCUT2D eigenvalue weighted by atomic mass is 31.2. The molecule has 9 nitrogen and oxygen atoms in total. The van der Waals surface area contributed by atoms with Crippen molar-refractivity contribution in [2.75, 3.05) is 47.5 Å². The Kier molecular flexibility index (Phi) is 71.6. The van der Waals surface area contributed by atoms with E-state index in [1.165, 1.54) is 321 Å². The van der Waals surface area contributed by atoms with Gasteiger partial charge in [0.05, 0.1) is 27.7 Å². The molecule has 0 radical (unpaired) electrons. The van der Waals surface area contributed by atoms with E-state index in [1.54, 1.807) is 0 Å². The van der Waals surface area contributed by atoms with Crippen molar-refractivity contribution in [3.8, 4) is 0 Å². The van der Waals surface area contributed by atoms with Crippen molar-refractivity contribution in [1.29, 1.82) is 0 Å². The second-order valence-corrected chi connectivity index (χ2v) is 30.2. The summed E-state index contributed by atoms with van der Waals surface area (Å²) in [6, 6.07) is 0. The molecule has 92 heavy (non-hydrogen) atoms. The van der Waals surface area contributed by atoms with Gasteiger partial charge in [0.25, 0.3) is 0 Å². The van der Waals surface area contributed by atoms with Crippen LogP contribution >= 0.6 is 7.82 Å². The molecule has 2 unspecified atom stereocenters. The summed E-state index contributed by atoms with van der Waals surface area (Å²) < 4.78 is 34.8. The predicted octanol–water partition coefficient (Wildman–Crippen LogP) is 26.7. The van der Waals surface area contributed by atoms with Crippen molar-refractivity contribution in [2.45, 2.75) is 418 Å². The SMILES string of the molecule is CC/C=C\C/C=C\C/C=C\C/C=C\CCCCCCCCCCCCCCCCCCC(=O)OC(COC(=O)CCCCCCCCCCCCCCCCCCCCCCCCCCCCCCCCCCCCCCCCC)COP(=O)(O)OCC[N+](C)(C)C. The summed E-state index contributed by atoms with van der Waals surface area (Å²) >= 11 is 0. The molecule has 1 N–H and O–H groups in total. The average Bonchev–Trinajstić information content (AvgIpc) is 2.14. The Morgan fingerprint density at radius 2 is 0.620 bits per heavy atom. The Bertz CT molecular complexity index is 1690. The molecule has 0 aliphatic carbocycles. The van der Waals surface area contributed by atoms with E-state index in [0.29, 0.717) is 23.9 Å². The molecule has 0 aromatic rings. The number of nitrogens with zero attached hydrogens (tertiary/aromatic N) is 1. The first-order chi connectivity index (χ1) is 45.0. The van der Waals surface area contributed by atoms with Crippen LogP contribution in [-0.4, -0.2) is 74.9 Å². The number of likely N-dealkylation sites (N-methyl/N-ethyl adjacent to an activating group) is 1. The van der Waals surface area contributed by atoms with Crippen LogP contribution in [0.4, 0.5) is 0 Å². The third-order valence-corrected chi connectivity index (χ3v) is 19.4. The Balaban J connectivity index is 3.88. The van der Waals surface area contributed by atoms with Gasteiger partial charge in [0.15, 0.2) is 6.10 Å². The van der Waals surface area contributed by atoms with Gasteiger partial charge in [0.1, 0.15) is 19.8 Å². The summed E-state index contributed by atoms with van der Waals surface area (Å²) in [7, 11) is 1.50. The first kappa shape index (κ1) is 90.0. The maximum Gasteiger partial charge on any atom is 0.472 e. The lowest BCUT2D eigenvalue weighted by Gasteiger charge is -2.24. The van der Waals surface area contributed by atoms with E-state index < -0.39 is 26.5 Å². The highest BCUT2D eigenvalue weighted by molar-refractivity contribution is 7.47. The lowest BCUT2D eigenvalue weighted by molar-refractivity contribution is -0.870. The first-order valence-corrected chi connectivity index (χ1v) is 41.9. The number of phosphoric ester groups is 1. The van der Waals surface area contributed by atoms with Crippen molar-refractivity contribution in [2.24, 2.45) is 0 Å². The van der Waals surface area contributed by atoms with Crippen LogP contribution in [0.2, 0.25) is 0 Å². The number of phosphoric acid groups is 1. The topological polar surface area (TPSA) is 108 Å². The number of quaternary nitrogens is 1. The van der Waals surface area contributed by atoms with Crippen LogP contribution in [0.25, 0.3) is 0 Å². The molecule has 0 heterocycles. The second-order valence-electron chi connectivity index (χ2n) is 28.8. The summed E-state index contributed by atoms with van der Waals surface area (Å²) in [5, 5.41) is 0. The third kappa shape index (κ3) is 77.0. The smallest absolute Gasteiger partial charge is 0.462 e. The van der Waals surface area contributed by atoms with Gasteiger partial charge in [0.2, 0.25) is 0 Å². The number of ether oxygens (including phenoxy) is 2. The lowest BCUT2D eigenvalue weighted by atomic mass is 10.0. The minimum atomic E-state index is -4.39. The summed E-state index contributed by atoms with van der Waals surface area (Å²) in [5.41, 5.74) is 0. The maximum atomic E-state index is 12.9. The van der Waals surface area contributed by atoms with Crippen molar-refractivity contribution < 1.29 is 42.1 Å². The number of unbranched alkanes of at least 4 members (excludes halogenated alkanes) is 54. The molecule has 10 heteroatoms. The Hall–Kier alpha value is -2.03. The maximum absolute atomic E-state index is 12.9. The molecule has 0 bridgehead atoms. The molecule has 2 atom stereocenters. The van der Waals surface area contributed by atoms with Gasteiger partial charge in [0, 0.05) is 12.8 Å². The summed E-state index contributed by atoms with van der Waals surface area (Å²) in [4.78, 5) is 36.0. The Morgan fingerprint density at radius 3 is 0.924 bits per heavy atom. The van der Waals surface area contributed by atoms with Crippen molar-refractivity contribution in [3.63, 3.8) is 0 Å². The number of carbonyl (C=O) groups excluding carboxylic acids is 2. The van der Waals surface area contributed by atoms with Crippen molar-refractivity contribution in [3.05, 3.63) is 48.6 Å². The van der Waals surface area contributed by atoms with E-state index in [4.69, 9.17) is 18.5 Å². The standard InChI is InChI=1S/C82H156NO8P/c1-6-8-10-12-14-16-18-20-22-24-26-28-30-32-34-36-37-38-39-40-41-42-43-44-45-47-48-50-52-54-56-58-60-62-64-66-68-70-72-74-81(84)88-78-80(79-90-92(86,87)89-77-76-83(3,4)5)91-82(85)75-73-71-69-67-65-63-61-59-57-55-53-51-49-46-35-33-31-29-27-25-23-21-19-17-15-13-11-9-7-2/h9,11,15,17,21,23,27,29,80H,6-8,10,12-14,16,18-20,22,24-26,28,30-79H2,1-5H3/p+1/b11-9-,17-15-,23-21-,29-27-. The highest BCUT2D eigenvalue weighted by Gasteiger charge is 2.27. The molecule has 0 saturated heterocycles. The van der Waals surface area contributed by atoms with Gasteiger partial charge in [-0.05, 0) is 51.4 Å². The van der Waals surface area contributed by atoms with Gasteiger partial charge in [-0.1, -0.05) is 396 Å². The summed E-state index contributed by atoms with van der Waals surface area (Å²) in [5.74, 6) is -0.775. The fourth-order valence-electron chi connectivity index (χ4n) is 12.3. The van der Waals surface area contributed by atoms with Gasteiger partial charge in [-0.2, -0.15) is 0 Å². The van der Waals surface area contributed by atoms with Gasteiger partial charge < -0.3 is 18.9 Å². The molecule has 0 rings (SSSR count). The summed E-state index contributed by atoms with van der Waals surface area (Å²) in [6.07, 6.45) is 97.1. The van der Waals surface area contributed by atoms with Gasteiger partial charge in [-0.3, -0.25) is 18.6 Å². The Labute approximate surface area is 573 Å². The molecule has 0 saturated carbocycles. The quantitative estimate of drug-likeness (QED) is 0.0211. The van der Waals surface area contributed by atoms with Crippen LogP contribution in [0.1, 0.15) is 412 Å². The average molecular weight is 1320 g/mol. The zero-order valence-corrected chi connectivity index (χ0v) is 63.0. The molecule has 0 aliphatic rings. The highest BCUT2D eigenvalue weighted by Crippen LogP contribution is 2.43. The number of hydrogen-bond donors (Lipinski definition) is 1. The van der Waals surface area contributed by atoms with Crippen molar-refractivity contribution >= 4 is 19.8 Å². The lowest BCUT2D eigenvalue weighted by Crippen LogP contribution is -2.37. The van der Waals surface area contributed by atoms with Crippen molar-refractivity contribution in [1.82, 2.24) is 0 Å². The van der Waals surface area contributed by atoms with Gasteiger partial charge >= 0.3 is 19.8 Å². The largest absolute Gasteiger partial charge is 0.472 e. The number of esters is 2. The van der Waals surface area contributed by atoms with Crippen LogP contribution in [0, 0.1) is 0 Å². The first-order valence-electron chi connectivity index (χ1n) is 40.4. The monoisotopic (exact) mass is 1320 g/mol. The van der Waals surface area contributed by atoms with E-state index in [-0.39, 0.29) is 25.6 Å². The zero-order valence-electron chi connectivity index (χ0n) is 62.1.